The number of amides is 1. The third kappa shape index (κ3) is 4.22. The molecule has 6 nitrogen and oxygen atoms in total. The number of methoxy groups -OCH3 is 1. The van der Waals surface area contributed by atoms with Gasteiger partial charge in [-0.05, 0) is 45.0 Å². The van der Waals surface area contributed by atoms with Crippen molar-refractivity contribution in [1.29, 1.82) is 0 Å². The number of hydrogen-bond donors (Lipinski definition) is 0. The number of anilines is 1. The van der Waals surface area contributed by atoms with E-state index in [9.17, 15) is 9.59 Å². The van der Waals surface area contributed by atoms with Gasteiger partial charge in [-0.2, -0.15) is 0 Å². The largest absolute Gasteiger partial charge is 0.493 e. The Kier molecular flexibility index (Phi) is 5.26. The molecular weight excluding hydrogens is 298 g/mol. The summed E-state index contributed by atoms with van der Waals surface area (Å²) in [6.45, 7) is 6.40. The van der Waals surface area contributed by atoms with Crippen LogP contribution in [0.2, 0.25) is 0 Å². The SMILES string of the molecule is COCC1CN(c2ccc(OCC(C)(C)C(C)=O)cc2)C(=O)O1. The molecule has 2 rings (SSSR count). The molecule has 126 valence electrons. The number of carbonyl (C=O) groups excluding carboxylic acids is 2. The van der Waals surface area contributed by atoms with Crippen LogP contribution in [0.1, 0.15) is 20.8 Å². The predicted molar refractivity (Wildman–Crippen MR) is 85.9 cm³/mol. The van der Waals surface area contributed by atoms with E-state index in [1.165, 1.54) is 0 Å². The van der Waals surface area contributed by atoms with Gasteiger partial charge in [0.25, 0.3) is 0 Å². The van der Waals surface area contributed by atoms with Gasteiger partial charge in [0.2, 0.25) is 0 Å². The maximum atomic E-state index is 11.9. The Morgan fingerprint density at radius 1 is 1.35 bits per heavy atom. The van der Waals surface area contributed by atoms with E-state index in [4.69, 9.17) is 14.2 Å². The summed E-state index contributed by atoms with van der Waals surface area (Å²) in [7, 11) is 1.57. The Morgan fingerprint density at radius 2 is 2.00 bits per heavy atom. The molecule has 1 saturated heterocycles. The number of carbonyl (C=O) groups is 2. The van der Waals surface area contributed by atoms with E-state index >= 15 is 0 Å². The standard InChI is InChI=1S/C17H23NO5/c1-12(19)17(2,3)11-22-14-7-5-13(6-8-14)18-9-15(10-21-4)23-16(18)20/h5-8,15H,9-11H2,1-4H3. The van der Waals surface area contributed by atoms with E-state index in [1.807, 2.05) is 13.8 Å². The molecule has 1 heterocycles. The van der Waals surface area contributed by atoms with Crippen LogP contribution >= 0.6 is 0 Å². The second kappa shape index (κ2) is 7.00. The maximum Gasteiger partial charge on any atom is 0.414 e. The number of ketones is 1. The molecule has 1 aromatic rings. The van der Waals surface area contributed by atoms with Crippen molar-refractivity contribution in [2.24, 2.45) is 5.41 Å². The molecule has 1 aliphatic heterocycles. The molecule has 1 atom stereocenters. The van der Waals surface area contributed by atoms with Crippen LogP contribution in [0.4, 0.5) is 10.5 Å². The number of Topliss-reactive ketones (excluding diaryl/α,β-unsaturated/α-hetero) is 1. The fourth-order valence-electron chi connectivity index (χ4n) is 2.09. The molecule has 0 spiro atoms. The van der Waals surface area contributed by atoms with E-state index in [2.05, 4.69) is 0 Å². The van der Waals surface area contributed by atoms with E-state index < -0.39 is 5.41 Å². The van der Waals surface area contributed by atoms with Crippen LogP contribution in [0.25, 0.3) is 0 Å². The van der Waals surface area contributed by atoms with Crippen molar-refractivity contribution in [3.8, 4) is 5.75 Å². The van der Waals surface area contributed by atoms with Gasteiger partial charge in [-0.15, -0.1) is 0 Å². The Balaban J connectivity index is 1.97. The molecule has 0 radical (unpaired) electrons. The smallest absolute Gasteiger partial charge is 0.414 e. The number of hydrogen-bond acceptors (Lipinski definition) is 5. The number of rotatable bonds is 7. The van der Waals surface area contributed by atoms with E-state index in [0.717, 1.165) is 5.69 Å². The number of benzene rings is 1. The number of cyclic esters (lactones) is 1. The van der Waals surface area contributed by atoms with Gasteiger partial charge in [0.15, 0.2) is 0 Å². The first-order chi connectivity index (χ1) is 10.8. The molecule has 1 aliphatic rings. The zero-order valence-electron chi connectivity index (χ0n) is 14.0. The third-order valence-corrected chi connectivity index (χ3v) is 3.93. The summed E-state index contributed by atoms with van der Waals surface area (Å²) < 4.78 is 15.9. The lowest BCUT2D eigenvalue weighted by Crippen LogP contribution is -2.29. The summed E-state index contributed by atoms with van der Waals surface area (Å²) in [5.74, 6) is 0.738. The Bertz CT molecular complexity index is 567. The minimum atomic E-state index is -0.523. The zero-order chi connectivity index (χ0) is 17.0. The lowest BCUT2D eigenvalue weighted by molar-refractivity contribution is -0.126. The molecule has 0 saturated carbocycles. The maximum absolute atomic E-state index is 11.9. The molecule has 1 fully saturated rings. The van der Waals surface area contributed by atoms with Crippen molar-refractivity contribution in [3.05, 3.63) is 24.3 Å². The molecule has 1 amide bonds. The quantitative estimate of drug-likeness (QED) is 0.772. The highest BCUT2D eigenvalue weighted by Gasteiger charge is 2.32. The summed E-state index contributed by atoms with van der Waals surface area (Å²) in [6, 6.07) is 7.16. The van der Waals surface area contributed by atoms with Gasteiger partial charge in [0.1, 0.15) is 24.2 Å². The molecule has 23 heavy (non-hydrogen) atoms. The third-order valence-electron chi connectivity index (χ3n) is 3.93. The summed E-state index contributed by atoms with van der Waals surface area (Å²) in [5, 5.41) is 0. The van der Waals surface area contributed by atoms with Crippen LogP contribution in [0.5, 0.6) is 5.75 Å². The average molecular weight is 321 g/mol. The van der Waals surface area contributed by atoms with Gasteiger partial charge in [-0.3, -0.25) is 9.69 Å². The second-order valence-electron chi connectivity index (χ2n) is 6.29. The monoisotopic (exact) mass is 321 g/mol. The highest BCUT2D eigenvalue weighted by Crippen LogP contribution is 2.25. The molecule has 1 unspecified atom stereocenters. The van der Waals surface area contributed by atoms with Crippen LogP contribution in [0.3, 0.4) is 0 Å². The van der Waals surface area contributed by atoms with Crippen molar-refractivity contribution in [2.75, 3.05) is 31.8 Å². The molecule has 0 aliphatic carbocycles. The van der Waals surface area contributed by atoms with Crippen LogP contribution in [0, 0.1) is 5.41 Å². The highest BCUT2D eigenvalue weighted by molar-refractivity contribution is 5.89. The zero-order valence-corrected chi connectivity index (χ0v) is 14.0. The Hall–Kier alpha value is -2.08. The van der Waals surface area contributed by atoms with Gasteiger partial charge < -0.3 is 14.2 Å². The van der Waals surface area contributed by atoms with Crippen LogP contribution in [0.15, 0.2) is 24.3 Å². The molecule has 1 aromatic carbocycles. The summed E-state index contributed by atoms with van der Waals surface area (Å²) >= 11 is 0. The lowest BCUT2D eigenvalue weighted by atomic mass is 9.90. The summed E-state index contributed by atoms with van der Waals surface area (Å²) in [6.07, 6.45) is -0.627. The van der Waals surface area contributed by atoms with Gasteiger partial charge in [0, 0.05) is 12.8 Å². The van der Waals surface area contributed by atoms with Crippen LogP contribution in [-0.2, 0) is 14.3 Å². The highest BCUT2D eigenvalue weighted by atomic mass is 16.6. The number of ether oxygens (including phenoxy) is 3. The fraction of sp³-hybridized carbons (Fsp3) is 0.529. The van der Waals surface area contributed by atoms with E-state index in [-0.39, 0.29) is 18.0 Å². The van der Waals surface area contributed by atoms with Crippen LogP contribution < -0.4 is 9.64 Å². The fourth-order valence-corrected chi connectivity index (χ4v) is 2.09. The minimum Gasteiger partial charge on any atom is -0.493 e. The van der Waals surface area contributed by atoms with Crippen molar-refractivity contribution in [1.82, 2.24) is 0 Å². The minimum absolute atomic E-state index is 0.0816. The van der Waals surface area contributed by atoms with Crippen molar-refractivity contribution in [3.63, 3.8) is 0 Å². The average Bonchev–Trinajstić information content (AvgIpc) is 2.87. The van der Waals surface area contributed by atoms with Crippen molar-refractivity contribution in [2.45, 2.75) is 26.9 Å². The normalized spacial score (nSPS) is 18.0. The van der Waals surface area contributed by atoms with Gasteiger partial charge in [0.05, 0.1) is 18.6 Å². The summed E-state index contributed by atoms with van der Waals surface area (Å²) in [5.41, 5.74) is 0.219. The van der Waals surface area contributed by atoms with Crippen molar-refractivity contribution < 1.29 is 23.8 Å². The van der Waals surface area contributed by atoms with Gasteiger partial charge >= 0.3 is 6.09 Å². The first kappa shape index (κ1) is 17.3. The molecule has 0 bridgehead atoms. The number of nitrogens with zero attached hydrogens (tertiary/aromatic N) is 1. The first-order valence-electron chi connectivity index (χ1n) is 7.54. The molecule has 0 aromatic heterocycles. The van der Waals surface area contributed by atoms with E-state index in [0.29, 0.717) is 25.5 Å². The van der Waals surface area contributed by atoms with Gasteiger partial charge in [-0.1, -0.05) is 0 Å². The molecular formula is C17H23NO5. The lowest BCUT2D eigenvalue weighted by Gasteiger charge is -2.21. The summed E-state index contributed by atoms with van der Waals surface area (Å²) in [4.78, 5) is 24.9. The molecule has 0 N–H and O–H groups in total. The second-order valence-corrected chi connectivity index (χ2v) is 6.29. The van der Waals surface area contributed by atoms with Crippen LogP contribution in [-0.4, -0.2) is 44.8 Å². The topological polar surface area (TPSA) is 65.1 Å². The van der Waals surface area contributed by atoms with Crippen molar-refractivity contribution >= 4 is 17.6 Å². The van der Waals surface area contributed by atoms with E-state index in [1.54, 1.807) is 43.2 Å². The Labute approximate surface area is 136 Å². The van der Waals surface area contributed by atoms with Gasteiger partial charge in [-0.25, -0.2) is 4.79 Å². The first-order valence-corrected chi connectivity index (χ1v) is 7.54. The predicted octanol–water partition coefficient (Wildman–Crippen LogP) is 2.65. The Morgan fingerprint density at radius 3 is 2.57 bits per heavy atom. The molecule has 6 heteroatoms.